The zero-order valence-corrected chi connectivity index (χ0v) is 10.9. The minimum absolute atomic E-state index is 0.0630. The van der Waals surface area contributed by atoms with Crippen LogP contribution in [0.3, 0.4) is 0 Å². The van der Waals surface area contributed by atoms with Gasteiger partial charge in [-0.3, -0.25) is 0 Å². The molecular formula is C13H14F2N4O. The maximum absolute atomic E-state index is 12.1. The number of halogens is 2. The Balaban J connectivity index is 1.86. The lowest BCUT2D eigenvalue weighted by atomic mass is 10.0. The minimum Gasteiger partial charge on any atom is -0.435 e. The molecule has 0 saturated heterocycles. The zero-order chi connectivity index (χ0) is 14.1. The zero-order valence-electron chi connectivity index (χ0n) is 10.9. The lowest BCUT2D eigenvalue weighted by Gasteiger charge is -2.24. The van der Waals surface area contributed by atoms with Gasteiger partial charge in [-0.25, -0.2) is 4.68 Å². The van der Waals surface area contributed by atoms with E-state index >= 15 is 0 Å². The van der Waals surface area contributed by atoms with E-state index in [2.05, 4.69) is 20.1 Å². The molecule has 1 N–H and O–H groups in total. The van der Waals surface area contributed by atoms with E-state index in [9.17, 15) is 8.78 Å². The summed E-state index contributed by atoms with van der Waals surface area (Å²) < 4.78 is 30.4. The van der Waals surface area contributed by atoms with Crippen molar-refractivity contribution in [1.29, 1.82) is 0 Å². The van der Waals surface area contributed by atoms with Crippen molar-refractivity contribution in [3.63, 3.8) is 0 Å². The highest BCUT2D eigenvalue weighted by molar-refractivity contribution is 5.35. The summed E-state index contributed by atoms with van der Waals surface area (Å²) in [6, 6.07) is 6.73. The molecule has 1 atom stereocenters. The fraction of sp³-hybridized carbons (Fsp3) is 0.385. The number of hydrogen-bond donors (Lipinski definition) is 1. The van der Waals surface area contributed by atoms with Gasteiger partial charge in [-0.1, -0.05) is 12.1 Å². The van der Waals surface area contributed by atoms with Crippen LogP contribution in [0, 0.1) is 6.92 Å². The van der Waals surface area contributed by atoms with Gasteiger partial charge in [-0.15, -0.1) is 0 Å². The summed E-state index contributed by atoms with van der Waals surface area (Å²) in [5, 5.41) is 7.56. The first-order valence-corrected chi connectivity index (χ1v) is 6.35. The lowest BCUT2D eigenvalue weighted by molar-refractivity contribution is -0.0498. The molecule has 0 fully saturated rings. The van der Waals surface area contributed by atoms with Crippen LogP contribution in [0.1, 0.15) is 23.9 Å². The molecule has 0 amide bonds. The summed E-state index contributed by atoms with van der Waals surface area (Å²) in [5.41, 5.74) is 0.999. The van der Waals surface area contributed by atoms with Crippen molar-refractivity contribution in [2.24, 2.45) is 0 Å². The summed E-state index contributed by atoms with van der Waals surface area (Å²) in [6.07, 6.45) is 0.866. The van der Waals surface area contributed by atoms with Crippen LogP contribution < -0.4 is 10.1 Å². The maximum atomic E-state index is 12.1. The Morgan fingerprint density at radius 3 is 2.80 bits per heavy atom. The molecule has 1 aromatic carbocycles. The lowest BCUT2D eigenvalue weighted by Crippen LogP contribution is -2.24. The average molecular weight is 280 g/mol. The molecule has 5 nitrogen and oxygen atoms in total. The molecule has 0 bridgehead atoms. The largest absolute Gasteiger partial charge is 0.435 e. The number of fused-ring (bicyclic) bond motifs is 1. The monoisotopic (exact) mass is 280 g/mol. The number of alkyl halides is 2. The van der Waals surface area contributed by atoms with Crippen LogP contribution in [0.4, 0.5) is 14.7 Å². The van der Waals surface area contributed by atoms with Crippen LogP contribution in [0.15, 0.2) is 24.3 Å². The number of ether oxygens (including phenoxy) is 1. The predicted octanol–water partition coefficient (Wildman–Crippen LogP) is 2.59. The molecule has 0 spiro atoms. The van der Waals surface area contributed by atoms with Crippen molar-refractivity contribution >= 4 is 5.95 Å². The van der Waals surface area contributed by atoms with Gasteiger partial charge in [0.1, 0.15) is 11.6 Å². The van der Waals surface area contributed by atoms with Gasteiger partial charge >= 0.3 is 6.61 Å². The van der Waals surface area contributed by atoms with Crippen molar-refractivity contribution in [2.45, 2.75) is 26.0 Å². The standard InChI is InChI=1S/C13H14F2N4O/c1-8-17-13-16-7-6-11(19(13)18-8)9-2-4-10(5-3-9)20-12(14)15/h2-5,11-12H,6-7H2,1H3,(H,16,17,18). The Labute approximate surface area is 114 Å². The number of anilines is 1. The highest BCUT2D eigenvalue weighted by Gasteiger charge is 2.23. The Hall–Kier alpha value is -2.18. The van der Waals surface area contributed by atoms with Crippen molar-refractivity contribution in [3.8, 4) is 5.75 Å². The van der Waals surface area contributed by atoms with Crippen molar-refractivity contribution in [3.05, 3.63) is 35.7 Å². The second kappa shape index (κ2) is 5.07. The molecule has 3 rings (SSSR count). The predicted molar refractivity (Wildman–Crippen MR) is 69.1 cm³/mol. The Morgan fingerprint density at radius 1 is 1.35 bits per heavy atom. The minimum atomic E-state index is -2.80. The fourth-order valence-corrected chi connectivity index (χ4v) is 2.39. The van der Waals surface area contributed by atoms with Crippen LogP contribution >= 0.6 is 0 Å². The number of rotatable bonds is 3. The number of hydrogen-bond acceptors (Lipinski definition) is 4. The maximum Gasteiger partial charge on any atom is 0.387 e. The van der Waals surface area contributed by atoms with Crippen molar-refractivity contribution in [1.82, 2.24) is 14.8 Å². The van der Waals surface area contributed by atoms with E-state index in [0.717, 1.165) is 24.5 Å². The molecule has 1 aliphatic heterocycles. The highest BCUT2D eigenvalue weighted by Crippen LogP contribution is 2.29. The Morgan fingerprint density at radius 2 is 2.10 bits per heavy atom. The van der Waals surface area contributed by atoms with Crippen molar-refractivity contribution < 1.29 is 13.5 Å². The van der Waals surface area contributed by atoms with E-state index < -0.39 is 6.61 Å². The number of benzene rings is 1. The molecule has 0 aliphatic carbocycles. The smallest absolute Gasteiger partial charge is 0.387 e. The molecule has 7 heteroatoms. The van der Waals surface area contributed by atoms with E-state index in [0.29, 0.717) is 5.82 Å². The second-order valence-corrected chi connectivity index (χ2v) is 4.61. The molecule has 20 heavy (non-hydrogen) atoms. The summed E-state index contributed by atoms with van der Waals surface area (Å²) in [6.45, 7) is -0.161. The summed E-state index contributed by atoms with van der Waals surface area (Å²) >= 11 is 0. The molecule has 0 saturated carbocycles. The van der Waals surface area contributed by atoms with E-state index in [1.54, 1.807) is 24.3 Å². The normalized spacial score (nSPS) is 17.7. The van der Waals surface area contributed by atoms with Gasteiger partial charge in [0.15, 0.2) is 0 Å². The first kappa shape index (κ1) is 12.8. The first-order chi connectivity index (χ1) is 9.63. The van der Waals surface area contributed by atoms with E-state index in [1.807, 2.05) is 11.6 Å². The quantitative estimate of drug-likeness (QED) is 0.939. The van der Waals surface area contributed by atoms with Crippen LogP contribution in [0.25, 0.3) is 0 Å². The van der Waals surface area contributed by atoms with Gasteiger partial charge in [-0.2, -0.15) is 18.9 Å². The highest BCUT2D eigenvalue weighted by atomic mass is 19.3. The molecular weight excluding hydrogens is 266 g/mol. The summed E-state index contributed by atoms with van der Waals surface area (Å²) in [4.78, 5) is 4.30. The Kier molecular flexibility index (Phi) is 3.25. The molecule has 1 unspecified atom stereocenters. The van der Waals surface area contributed by atoms with Crippen LogP contribution in [-0.4, -0.2) is 27.9 Å². The van der Waals surface area contributed by atoms with Gasteiger partial charge in [-0.05, 0) is 31.0 Å². The molecule has 2 aromatic rings. The van der Waals surface area contributed by atoms with Gasteiger partial charge < -0.3 is 10.1 Å². The van der Waals surface area contributed by atoms with E-state index in [4.69, 9.17) is 0 Å². The van der Waals surface area contributed by atoms with Crippen LogP contribution in [-0.2, 0) is 0 Å². The third-order valence-corrected chi connectivity index (χ3v) is 3.22. The summed E-state index contributed by atoms with van der Waals surface area (Å²) in [5.74, 6) is 1.61. The SMILES string of the molecule is Cc1nc2n(n1)C(c1ccc(OC(F)F)cc1)CCN2. The average Bonchev–Trinajstić information content (AvgIpc) is 2.79. The second-order valence-electron chi connectivity index (χ2n) is 4.61. The Bertz CT molecular complexity index is 597. The molecule has 1 aromatic heterocycles. The van der Waals surface area contributed by atoms with E-state index in [1.165, 1.54) is 0 Å². The first-order valence-electron chi connectivity index (χ1n) is 6.35. The molecule has 0 radical (unpaired) electrons. The summed E-state index contributed by atoms with van der Waals surface area (Å²) in [7, 11) is 0. The molecule has 2 heterocycles. The van der Waals surface area contributed by atoms with Gasteiger partial charge in [0.25, 0.3) is 0 Å². The number of aromatic nitrogens is 3. The van der Waals surface area contributed by atoms with Gasteiger partial charge in [0, 0.05) is 6.54 Å². The molecule has 106 valence electrons. The van der Waals surface area contributed by atoms with Crippen molar-refractivity contribution in [2.75, 3.05) is 11.9 Å². The van der Waals surface area contributed by atoms with Crippen LogP contribution in [0.2, 0.25) is 0 Å². The molecule has 1 aliphatic rings. The van der Waals surface area contributed by atoms with Crippen LogP contribution in [0.5, 0.6) is 5.75 Å². The third kappa shape index (κ3) is 2.43. The number of nitrogens with one attached hydrogen (secondary N) is 1. The van der Waals surface area contributed by atoms with Gasteiger partial charge in [0.2, 0.25) is 5.95 Å². The van der Waals surface area contributed by atoms with E-state index in [-0.39, 0.29) is 11.8 Å². The van der Waals surface area contributed by atoms with Gasteiger partial charge in [0.05, 0.1) is 6.04 Å². The number of nitrogens with zero attached hydrogens (tertiary/aromatic N) is 3. The topological polar surface area (TPSA) is 52.0 Å². The number of aryl methyl sites for hydroxylation is 1. The third-order valence-electron chi connectivity index (χ3n) is 3.22. The fourth-order valence-electron chi connectivity index (χ4n) is 2.39.